The molecule has 5 heteroatoms. The fourth-order valence-corrected chi connectivity index (χ4v) is 1.99. The van der Waals surface area contributed by atoms with Gasteiger partial charge in [0, 0.05) is 11.1 Å². The molecule has 0 bridgehead atoms. The van der Waals surface area contributed by atoms with Crippen molar-refractivity contribution < 1.29 is 9.26 Å². The quantitative estimate of drug-likeness (QED) is 0.912. The van der Waals surface area contributed by atoms with Crippen LogP contribution >= 0.6 is 11.6 Å². The van der Waals surface area contributed by atoms with Crippen LogP contribution in [0.3, 0.4) is 0 Å². The van der Waals surface area contributed by atoms with Gasteiger partial charge in [0.05, 0.1) is 12.7 Å². The summed E-state index contributed by atoms with van der Waals surface area (Å²) in [5.74, 6) is 1.63. The first-order valence-electron chi connectivity index (χ1n) is 5.24. The van der Waals surface area contributed by atoms with E-state index in [2.05, 4.69) is 5.16 Å². The van der Waals surface area contributed by atoms with Crippen molar-refractivity contribution in [2.24, 2.45) is 0 Å². The smallest absolute Gasteiger partial charge is 0.172 e. The third-order valence-corrected chi connectivity index (χ3v) is 2.73. The van der Waals surface area contributed by atoms with E-state index in [0.717, 1.165) is 23.3 Å². The van der Waals surface area contributed by atoms with Gasteiger partial charge in [0.2, 0.25) is 0 Å². The van der Waals surface area contributed by atoms with Crippen molar-refractivity contribution in [2.75, 3.05) is 12.8 Å². The lowest BCUT2D eigenvalue weighted by Gasteiger charge is -2.11. The van der Waals surface area contributed by atoms with Crippen LogP contribution in [0.4, 0.5) is 5.82 Å². The predicted octanol–water partition coefficient (Wildman–Crippen LogP) is 3.15. The monoisotopic (exact) mass is 252 g/mol. The van der Waals surface area contributed by atoms with Gasteiger partial charge in [-0.05, 0) is 24.1 Å². The molecule has 0 radical (unpaired) electrons. The highest BCUT2D eigenvalue weighted by Gasteiger charge is 2.15. The van der Waals surface area contributed by atoms with Gasteiger partial charge in [-0.25, -0.2) is 0 Å². The van der Waals surface area contributed by atoms with Crippen molar-refractivity contribution in [1.29, 1.82) is 0 Å². The molecule has 0 amide bonds. The zero-order valence-corrected chi connectivity index (χ0v) is 10.4. The van der Waals surface area contributed by atoms with Gasteiger partial charge in [-0.1, -0.05) is 23.7 Å². The Morgan fingerprint density at radius 2 is 2.18 bits per heavy atom. The number of benzene rings is 1. The van der Waals surface area contributed by atoms with Crippen LogP contribution in [0.5, 0.6) is 5.75 Å². The molecule has 17 heavy (non-hydrogen) atoms. The summed E-state index contributed by atoms with van der Waals surface area (Å²) in [5.41, 5.74) is 7.32. The van der Waals surface area contributed by atoms with E-state index in [0.29, 0.717) is 16.6 Å². The van der Waals surface area contributed by atoms with Crippen LogP contribution in [0.1, 0.15) is 12.5 Å². The molecule has 0 atom stereocenters. The van der Waals surface area contributed by atoms with Gasteiger partial charge >= 0.3 is 0 Å². The Morgan fingerprint density at radius 1 is 1.41 bits per heavy atom. The lowest BCUT2D eigenvalue weighted by atomic mass is 10.0. The first-order chi connectivity index (χ1) is 8.15. The third-order valence-electron chi connectivity index (χ3n) is 2.51. The fraction of sp³-hybridized carbons (Fsp3) is 0.250. The summed E-state index contributed by atoms with van der Waals surface area (Å²) in [6, 6.07) is 5.30. The second kappa shape index (κ2) is 4.67. The summed E-state index contributed by atoms with van der Waals surface area (Å²) < 4.78 is 10.5. The highest BCUT2D eigenvalue weighted by molar-refractivity contribution is 6.31. The van der Waals surface area contributed by atoms with Gasteiger partial charge in [0.25, 0.3) is 0 Å². The minimum absolute atomic E-state index is 0.333. The fourth-order valence-electron chi connectivity index (χ4n) is 1.75. The first kappa shape index (κ1) is 11.8. The van der Waals surface area contributed by atoms with Crippen LogP contribution in [-0.4, -0.2) is 12.3 Å². The number of rotatable bonds is 3. The maximum Gasteiger partial charge on any atom is 0.172 e. The summed E-state index contributed by atoms with van der Waals surface area (Å²) in [6.07, 6.45) is 0.820. The van der Waals surface area contributed by atoms with Crippen LogP contribution in [0, 0.1) is 0 Å². The van der Waals surface area contributed by atoms with Crippen molar-refractivity contribution in [2.45, 2.75) is 13.3 Å². The van der Waals surface area contributed by atoms with Crippen molar-refractivity contribution in [3.05, 3.63) is 28.8 Å². The summed E-state index contributed by atoms with van der Waals surface area (Å²) in [7, 11) is 1.62. The van der Waals surface area contributed by atoms with Crippen molar-refractivity contribution in [3.8, 4) is 17.1 Å². The SMILES string of the molecule is CCc1cc(Cl)cc(-c2cc(N)no2)c1OC. The molecule has 1 aromatic heterocycles. The molecule has 4 nitrogen and oxygen atoms in total. The molecule has 1 heterocycles. The van der Waals surface area contributed by atoms with Gasteiger partial charge in [0.15, 0.2) is 11.6 Å². The molecule has 1 aromatic carbocycles. The Bertz CT molecular complexity index is 537. The summed E-state index contributed by atoms with van der Waals surface area (Å²) in [6.45, 7) is 2.03. The highest BCUT2D eigenvalue weighted by atomic mass is 35.5. The molecule has 0 aliphatic rings. The van der Waals surface area contributed by atoms with Crippen molar-refractivity contribution in [1.82, 2.24) is 5.16 Å². The lowest BCUT2D eigenvalue weighted by Crippen LogP contribution is -1.93. The molecule has 2 N–H and O–H groups in total. The molecule has 0 spiro atoms. The second-order valence-electron chi connectivity index (χ2n) is 3.62. The molecule has 2 rings (SSSR count). The van der Waals surface area contributed by atoms with Gasteiger partial charge in [-0.3, -0.25) is 0 Å². The molecular formula is C12H13ClN2O2. The molecule has 0 saturated carbocycles. The van der Waals surface area contributed by atoms with E-state index >= 15 is 0 Å². The van der Waals surface area contributed by atoms with Gasteiger partial charge in [-0.2, -0.15) is 0 Å². The van der Waals surface area contributed by atoms with E-state index in [9.17, 15) is 0 Å². The number of aryl methyl sites for hydroxylation is 1. The van der Waals surface area contributed by atoms with Crippen LogP contribution in [-0.2, 0) is 6.42 Å². The molecule has 0 saturated heterocycles. The Labute approximate surface area is 104 Å². The maximum absolute atomic E-state index is 6.07. The first-order valence-corrected chi connectivity index (χ1v) is 5.62. The van der Waals surface area contributed by atoms with E-state index in [1.807, 2.05) is 13.0 Å². The predicted molar refractivity (Wildman–Crippen MR) is 67.3 cm³/mol. The third kappa shape index (κ3) is 2.22. The number of hydrogen-bond donors (Lipinski definition) is 1. The van der Waals surface area contributed by atoms with E-state index in [-0.39, 0.29) is 0 Å². The van der Waals surface area contributed by atoms with Crippen LogP contribution in [0.2, 0.25) is 5.02 Å². The Balaban J connectivity index is 2.63. The zero-order valence-electron chi connectivity index (χ0n) is 9.66. The van der Waals surface area contributed by atoms with Gasteiger partial charge < -0.3 is 15.0 Å². The average Bonchev–Trinajstić information content (AvgIpc) is 2.74. The Hall–Kier alpha value is -1.68. The second-order valence-corrected chi connectivity index (χ2v) is 4.05. The standard InChI is InChI=1S/C12H13ClN2O2/c1-3-7-4-8(13)5-9(12(7)16-2)10-6-11(14)15-17-10/h4-6H,3H2,1-2H3,(H2,14,15). The number of anilines is 1. The Kier molecular flexibility index (Phi) is 3.24. The minimum Gasteiger partial charge on any atom is -0.496 e. The van der Waals surface area contributed by atoms with E-state index < -0.39 is 0 Å². The maximum atomic E-state index is 6.07. The molecule has 0 aliphatic carbocycles. The Morgan fingerprint density at radius 3 is 2.71 bits per heavy atom. The van der Waals surface area contributed by atoms with Crippen molar-refractivity contribution in [3.63, 3.8) is 0 Å². The summed E-state index contributed by atoms with van der Waals surface area (Å²) in [4.78, 5) is 0. The topological polar surface area (TPSA) is 61.3 Å². The number of aromatic nitrogens is 1. The number of halogens is 1. The van der Waals surface area contributed by atoms with E-state index in [1.54, 1.807) is 19.2 Å². The molecule has 0 fully saturated rings. The minimum atomic E-state index is 0.333. The molecule has 90 valence electrons. The highest BCUT2D eigenvalue weighted by Crippen LogP contribution is 2.36. The number of methoxy groups -OCH3 is 1. The average molecular weight is 253 g/mol. The van der Waals surface area contributed by atoms with Crippen LogP contribution < -0.4 is 10.5 Å². The molecule has 0 aliphatic heterocycles. The van der Waals surface area contributed by atoms with E-state index in [1.165, 1.54) is 0 Å². The largest absolute Gasteiger partial charge is 0.496 e. The molecule has 0 unspecified atom stereocenters. The normalized spacial score (nSPS) is 10.5. The lowest BCUT2D eigenvalue weighted by molar-refractivity contribution is 0.403. The summed E-state index contributed by atoms with van der Waals surface area (Å²) in [5, 5.41) is 4.29. The summed E-state index contributed by atoms with van der Waals surface area (Å²) >= 11 is 6.07. The number of nitrogens with zero attached hydrogens (tertiary/aromatic N) is 1. The number of ether oxygens (including phenoxy) is 1. The zero-order chi connectivity index (χ0) is 12.4. The van der Waals surface area contributed by atoms with Crippen LogP contribution in [0.15, 0.2) is 22.7 Å². The number of hydrogen-bond acceptors (Lipinski definition) is 4. The van der Waals surface area contributed by atoms with Crippen LogP contribution in [0.25, 0.3) is 11.3 Å². The van der Waals surface area contributed by atoms with Gasteiger partial charge in [-0.15, -0.1) is 0 Å². The van der Waals surface area contributed by atoms with Gasteiger partial charge in [0.1, 0.15) is 5.75 Å². The molecular weight excluding hydrogens is 240 g/mol. The van der Waals surface area contributed by atoms with Crippen molar-refractivity contribution >= 4 is 17.4 Å². The number of nitrogens with two attached hydrogens (primary N) is 1. The molecule has 2 aromatic rings. The van der Waals surface area contributed by atoms with E-state index in [4.69, 9.17) is 26.6 Å². The number of nitrogen functional groups attached to an aromatic ring is 1.